The van der Waals surface area contributed by atoms with Crippen LogP contribution in [0.4, 0.5) is 10.5 Å². The molecule has 3 rings (SSSR count). The number of carbonyl (C=O) groups excluding carboxylic acids is 5. The van der Waals surface area contributed by atoms with E-state index in [-0.39, 0.29) is 32.5 Å². The fourth-order valence-corrected chi connectivity index (χ4v) is 4.61. The highest BCUT2D eigenvalue weighted by Crippen LogP contribution is 2.19. The van der Waals surface area contributed by atoms with Crippen LogP contribution >= 0.6 is 0 Å². The van der Waals surface area contributed by atoms with Crippen LogP contribution in [0.3, 0.4) is 0 Å². The van der Waals surface area contributed by atoms with E-state index in [1.807, 2.05) is 36.4 Å². The van der Waals surface area contributed by atoms with Crippen LogP contribution in [0.1, 0.15) is 31.7 Å². The molecule has 0 spiro atoms. The minimum Gasteiger partial charge on any atom is -0.461 e. The van der Waals surface area contributed by atoms with E-state index in [1.54, 1.807) is 43.3 Å². The second-order valence-corrected chi connectivity index (χ2v) is 11.1. The van der Waals surface area contributed by atoms with Crippen molar-refractivity contribution in [3.8, 4) is 0 Å². The lowest BCUT2D eigenvalue weighted by molar-refractivity contribution is -0.148. The molecule has 4 atom stereocenters. The van der Waals surface area contributed by atoms with Crippen LogP contribution in [0.5, 0.6) is 0 Å². The summed E-state index contributed by atoms with van der Waals surface area (Å²) < 4.78 is 10.7. The summed E-state index contributed by atoms with van der Waals surface area (Å²) in [6.45, 7) is 8.00. The number of aliphatic hydroxyl groups excluding tert-OH is 1. The van der Waals surface area contributed by atoms with Crippen molar-refractivity contribution in [1.82, 2.24) is 16.0 Å². The molecular formula is C36H42N4O8. The average Bonchev–Trinajstić information content (AvgIpc) is 3.08. The number of alkyl carbamates (subject to hydrolysis) is 1. The van der Waals surface area contributed by atoms with Crippen molar-refractivity contribution < 1.29 is 38.6 Å². The number of rotatable bonds is 18. The second-order valence-electron chi connectivity index (χ2n) is 11.1. The van der Waals surface area contributed by atoms with E-state index in [9.17, 15) is 29.1 Å². The van der Waals surface area contributed by atoms with Gasteiger partial charge in [-0.2, -0.15) is 0 Å². The second kappa shape index (κ2) is 19.2. The zero-order valence-corrected chi connectivity index (χ0v) is 26.9. The highest BCUT2D eigenvalue weighted by Gasteiger charge is 2.30. The molecule has 48 heavy (non-hydrogen) atoms. The molecule has 0 saturated heterocycles. The van der Waals surface area contributed by atoms with Gasteiger partial charge >= 0.3 is 12.1 Å². The molecule has 0 aliphatic carbocycles. The molecule has 0 saturated carbocycles. The minimum atomic E-state index is -1.38. The zero-order chi connectivity index (χ0) is 34.9. The molecule has 0 radical (unpaired) electrons. The summed E-state index contributed by atoms with van der Waals surface area (Å²) in [5.41, 5.74) is 1.19. The Balaban J connectivity index is 1.73. The topological polar surface area (TPSA) is 172 Å². The van der Waals surface area contributed by atoms with E-state index in [4.69, 9.17) is 9.47 Å². The predicted octanol–water partition coefficient (Wildman–Crippen LogP) is 3.76. The molecule has 12 nitrogen and oxygen atoms in total. The number of nitrogens with one attached hydrogen (secondary N) is 4. The van der Waals surface area contributed by atoms with E-state index in [1.165, 1.54) is 12.2 Å². The van der Waals surface area contributed by atoms with E-state index < -0.39 is 60.4 Å². The van der Waals surface area contributed by atoms with Crippen LogP contribution in [0.2, 0.25) is 0 Å². The number of fused-ring (bicyclic) bond motifs is 1. The Bertz CT molecular complexity index is 1580. The maximum Gasteiger partial charge on any atom is 0.408 e. The van der Waals surface area contributed by atoms with Crippen molar-refractivity contribution >= 4 is 46.2 Å². The smallest absolute Gasteiger partial charge is 0.408 e. The van der Waals surface area contributed by atoms with Gasteiger partial charge in [-0.25, -0.2) is 9.59 Å². The molecule has 4 amide bonds. The van der Waals surface area contributed by atoms with Crippen molar-refractivity contribution in [2.45, 2.75) is 50.9 Å². The summed E-state index contributed by atoms with van der Waals surface area (Å²) in [6.07, 6.45) is 1.90. The van der Waals surface area contributed by atoms with Gasteiger partial charge in [-0.3, -0.25) is 14.4 Å². The lowest BCUT2D eigenvalue weighted by Crippen LogP contribution is -2.50. The summed E-state index contributed by atoms with van der Waals surface area (Å²) >= 11 is 0. The van der Waals surface area contributed by atoms with Gasteiger partial charge in [-0.15, -0.1) is 13.2 Å². The van der Waals surface area contributed by atoms with Gasteiger partial charge in [-0.1, -0.05) is 72.8 Å². The summed E-state index contributed by atoms with van der Waals surface area (Å²) in [7, 11) is 0. The number of esters is 1. The molecule has 0 heterocycles. The molecule has 5 N–H and O–H groups in total. The molecule has 254 valence electrons. The first-order chi connectivity index (χ1) is 23.1. The number of ether oxygens (including phenoxy) is 2. The molecule has 0 bridgehead atoms. The maximum atomic E-state index is 13.5. The van der Waals surface area contributed by atoms with Crippen LogP contribution in [-0.2, 0) is 35.3 Å². The van der Waals surface area contributed by atoms with Crippen LogP contribution in [-0.4, -0.2) is 66.2 Å². The summed E-state index contributed by atoms with van der Waals surface area (Å²) in [4.78, 5) is 65.0. The van der Waals surface area contributed by atoms with E-state index in [2.05, 4.69) is 34.4 Å². The number of benzene rings is 3. The van der Waals surface area contributed by atoms with Crippen molar-refractivity contribution in [3.05, 3.63) is 104 Å². The Morgan fingerprint density at radius 2 is 1.48 bits per heavy atom. The number of hydrogen-bond donors (Lipinski definition) is 5. The van der Waals surface area contributed by atoms with Crippen molar-refractivity contribution in [1.29, 1.82) is 0 Å². The number of allylic oxidation sites excluding steroid dienone is 1. The third-order valence-corrected chi connectivity index (χ3v) is 7.17. The predicted molar refractivity (Wildman–Crippen MR) is 181 cm³/mol. The first kappa shape index (κ1) is 37.0. The van der Waals surface area contributed by atoms with E-state index >= 15 is 0 Å². The molecule has 12 heteroatoms. The number of hydrogen-bond acceptors (Lipinski definition) is 8. The Kier molecular flexibility index (Phi) is 14.8. The highest BCUT2D eigenvalue weighted by molar-refractivity contribution is 6.00. The average molecular weight is 659 g/mol. The van der Waals surface area contributed by atoms with Gasteiger partial charge in [0.15, 0.2) is 0 Å². The lowest BCUT2D eigenvalue weighted by atomic mass is 9.99. The molecule has 0 aliphatic heterocycles. The van der Waals surface area contributed by atoms with E-state index in [0.717, 1.165) is 16.3 Å². The van der Waals surface area contributed by atoms with Crippen LogP contribution in [0.15, 0.2) is 98.1 Å². The van der Waals surface area contributed by atoms with Gasteiger partial charge in [0.25, 0.3) is 5.91 Å². The molecule has 4 unspecified atom stereocenters. The molecule has 0 fully saturated rings. The highest BCUT2D eigenvalue weighted by atomic mass is 16.6. The van der Waals surface area contributed by atoms with Crippen molar-refractivity contribution in [2.75, 3.05) is 18.5 Å². The van der Waals surface area contributed by atoms with Gasteiger partial charge in [0, 0.05) is 18.2 Å². The number of anilines is 1. The molecular weight excluding hydrogens is 616 g/mol. The number of aliphatic hydroxyl groups is 1. The third kappa shape index (κ3) is 12.0. The SMILES string of the molecule is C=CCC(CC(=O)NC(C)CO)C(=O)NC(COC(=O)C(CC=C)NC(=O)OCc1ccccc1)C(=O)Nc1ccc2ccccc2c1. The summed E-state index contributed by atoms with van der Waals surface area (Å²) in [5, 5.41) is 21.5. The van der Waals surface area contributed by atoms with Gasteiger partial charge in [-0.05, 0) is 48.2 Å². The minimum absolute atomic E-state index is 0.00235. The fraction of sp³-hybridized carbons (Fsp3) is 0.306. The first-order valence-corrected chi connectivity index (χ1v) is 15.5. The maximum absolute atomic E-state index is 13.5. The molecule has 0 aliphatic rings. The Hall–Kier alpha value is -5.49. The fourth-order valence-electron chi connectivity index (χ4n) is 4.61. The standard InChI is InChI=1S/C36H42N4O8/c1-4-11-28(20-32(42)37-24(3)21-41)33(43)39-31(34(44)38-29-18-17-26-15-9-10-16-27(26)19-29)23-47-35(45)30(12-5-2)40-36(46)48-22-25-13-7-6-8-14-25/h4-10,13-19,24,28,30-31,41H,1-2,11-12,20-23H2,3H3,(H,37,42)(H,38,44)(H,39,43)(H,40,46). The Morgan fingerprint density at radius 1 is 0.792 bits per heavy atom. The first-order valence-electron chi connectivity index (χ1n) is 15.5. The van der Waals surface area contributed by atoms with Gasteiger partial charge in [0.2, 0.25) is 11.8 Å². The van der Waals surface area contributed by atoms with Crippen LogP contribution < -0.4 is 21.3 Å². The zero-order valence-electron chi connectivity index (χ0n) is 26.9. The summed E-state index contributed by atoms with van der Waals surface area (Å²) in [5.74, 6) is -3.60. The number of amides is 4. The van der Waals surface area contributed by atoms with E-state index in [0.29, 0.717) is 5.69 Å². The van der Waals surface area contributed by atoms with Gasteiger partial charge in [0.05, 0.1) is 12.5 Å². The molecule has 3 aromatic rings. The van der Waals surface area contributed by atoms with Crippen molar-refractivity contribution in [3.63, 3.8) is 0 Å². The monoisotopic (exact) mass is 658 g/mol. The summed E-state index contributed by atoms with van der Waals surface area (Å²) in [6, 6.07) is 18.7. The van der Waals surface area contributed by atoms with Crippen LogP contribution in [0, 0.1) is 5.92 Å². The molecule has 0 aromatic heterocycles. The third-order valence-electron chi connectivity index (χ3n) is 7.17. The van der Waals surface area contributed by atoms with Crippen LogP contribution in [0.25, 0.3) is 10.8 Å². The largest absolute Gasteiger partial charge is 0.461 e. The normalized spacial score (nSPS) is 13.1. The Morgan fingerprint density at radius 3 is 2.17 bits per heavy atom. The molecule has 3 aromatic carbocycles. The lowest BCUT2D eigenvalue weighted by Gasteiger charge is -2.23. The Labute approximate surface area is 279 Å². The van der Waals surface area contributed by atoms with Crippen molar-refractivity contribution in [2.24, 2.45) is 5.92 Å². The quantitative estimate of drug-likeness (QED) is 0.102. The number of carbonyl (C=O) groups is 5. The van der Waals surface area contributed by atoms with Gasteiger partial charge in [0.1, 0.15) is 25.3 Å². The van der Waals surface area contributed by atoms with Gasteiger partial charge < -0.3 is 35.8 Å².